The van der Waals surface area contributed by atoms with E-state index >= 15 is 0 Å². The molecule has 4 nitrogen and oxygen atoms in total. The Hall–Kier alpha value is -2.62. The van der Waals surface area contributed by atoms with Gasteiger partial charge >= 0.3 is 0 Å². The van der Waals surface area contributed by atoms with Crippen molar-refractivity contribution < 1.29 is 9.59 Å². The normalized spacial score (nSPS) is 10.0. The maximum atomic E-state index is 11.4. The van der Waals surface area contributed by atoms with Gasteiger partial charge in [-0.25, -0.2) is 0 Å². The number of rotatable bonds is 5. The lowest BCUT2D eigenvalue weighted by Gasteiger charge is -2.07. The number of carbonyl (C=O) groups is 2. The van der Waals surface area contributed by atoms with Crippen LogP contribution in [-0.2, 0) is 16.1 Å². The summed E-state index contributed by atoms with van der Waals surface area (Å²) in [5, 5.41) is 2.67. The Balaban J connectivity index is 2.04. The molecule has 0 bridgehead atoms. The third-order valence-corrected chi connectivity index (χ3v) is 2.86. The summed E-state index contributed by atoms with van der Waals surface area (Å²) in [6.45, 7) is 0.382. The average molecular weight is 268 g/mol. The molecule has 0 aliphatic carbocycles. The highest BCUT2D eigenvalue weighted by Crippen LogP contribution is 2.19. The van der Waals surface area contributed by atoms with E-state index in [4.69, 9.17) is 5.73 Å². The Bertz CT molecular complexity index is 609. The molecule has 4 heteroatoms. The van der Waals surface area contributed by atoms with Crippen molar-refractivity contribution in [3.63, 3.8) is 0 Å². The van der Waals surface area contributed by atoms with Gasteiger partial charge in [0.25, 0.3) is 0 Å². The first-order valence-corrected chi connectivity index (χ1v) is 6.34. The number of hydrogen-bond acceptors (Lipinski definition) is 2. The molecule has 0 saturated carbocycles. The van der Waals surface area contributed by atoms with Gasteiger partial charge < -0.3 is 11.1 Å². The molecule has 0 heterocycles. The topological polar surface area (TPSA) is 72.2 Å². The van der Waals surface area contributed by atoms with Crippen LogP contribution in [0.15, 0.2) is 54.6 Å². The summed E-state index contributed by atoms with van der Waals surface area (Å²) in [6, 6.07) is 17.9. The Labute approximate surface area is 117 Å². The van der Waals surface area contributed by atoms with Crippen LogP contribution in [-0.4, -0.2) is 11.8 Å². The Morgan fingerprint density at radius 2 is 1.65 bits per heavy atom. The first-order chi connectivity index (χ1) is 9.65. The number of nitrogens with two attached hydrogens (primary N) is 1. The highest BCUT2D eigenvalue weighted by molar-refractivity contribution is 5.95. The molecule has 0 aliphatic heterocycles. The maximum absolute atomic E-state index is 11.4. The van der Waals surface area contributed by atoms with Crippen LogP contribution >= 0.6 is 0 Å². The lowest BCUT2D eigenvalue weighted by molar-refractivity contribution is -0.127. The third-order valence-electron chi connectivity index (χ3n) is 2.86. The molecule has 0 aromatic heterocycles. The van der Waals surface area contributed by atoms with Gasteiger partial charge in [0.05, 0.1) is 0 Å². The summed E-state index contributed by atoms with van der Waals surface area (Å²) in [6.07, 6.45) is -0.279. The van der Waals surface area contributed by atoms with Crippen molar-refractivity contribution in [3.05, 3.63) is 60.2 Å². The molecule has 2 amide bonds. The van der Waals surface area contributed by atoms with Crippen LogP contribution in [0.3, 0.4) is 0 Å². The van der Waals surface area contributed by atoms with Gasteiger partial charge in [0.2, 0.25) is 11.8 Å². The van der Waals surface area contributed by atoms with Crippen LogP contribution in [0.25, 0.3) is 11.1 Å². The van der Waals surface area contributed by atoms with Crippen molar-refractivity contribution in [1.29, 1.82) is 0 Å². The highest BCUT2D eigenvalue weighted by Gasteiger charge is 2.05. The van der Waals surface area contributed by atoms with E-state index in [1.54, 1.807) is 0 Å². The Morgan fingerprint density at radius 3 is 2.35 bits per heavy atom. The van der Waals surface area contributed by atoms with Crippen LogP contribution in [0.4, 0.5) is 0 Å². The molecule has 0 atom stereocenters. The van der Waals surface area contributed by atoms with Crippen LogP contribution in [0, 0.1) is 0 Å². The molecule has 0 radical (unpaired) electrons. The Kier molecular flexibility index (Phi) is 4.50. The summed E-state index contributed by atoms with van der Waals surface area (Å²) in [4.78, 5) is 22.0. The Morgan fingerprint density at radius 1 is 0.950 bits per heavy atom. The van der Waals surface area contributed by atoms with Gasteiger partial charge in [-0.15, -0.1) is 0 Å². The molecule has 3 N–H and O–H groups in total. The van der Waals surface area contributed by atoms with E-state index in [1.165, 1.54) is 0 Å². The van der Waals surface area contributed by atoms with E-state index in [-0.39, 0.29) is 12.3 Å². The standard InChI is InChI=1S/C16H16N2O2/c17-15(19)10-16(20)18-11-12-5-4-8-14(9-12)13-6-2-1-3-7-13/h1-9H,10-11H2,(H2,17,19)(H,18,20). The third kappa shape index (κ3) is 3.95. The first kappa shape index (κ1) is 13.8. The zero-order valence-corrected chi connectivity index (χ0v) is 11.0. The molecule has 0 fully saturated rings. The van der Waals surface area contributed by atoms with Crippen molar-refractivity contribution in [1.82, 2.24) is 5.32 Å². The van der Waals surface area contributed by atoms with E-state index in [0.717, 1.165) is 16.7 Å². The fraction of sp³-hybridized carbons (Fsp3) is 0.125. The van der Waals surface area contributed by atoms with Crippen LogP contribution in [0.5, 0.6) is 0 Å². The van der Waals surface area contributed by atoms with Crippen molar-refractivity contribution in [2.24, 2.45) is 5.73 Å². The zero-order valence-electron chi connectivity index (χ0n) is 11.0. The van der Waals surface area contributed by atoms with Gasteiger partial charge in [-0.3, -0.25) is 9.59 Å². The largest absolute Gasteiger partial charge is 0.369 e. The van der Waals surface area contributed by atoms with Gasteiger partial charge in [-0.05, 0) is 22.8 Å². The maximum Gasteiger partial charge on any atom is 0.229 e. The van der Waals surface area contributed by atoms with Crippen molar-refractivity contribution in [3.8, 4) is 11.1 Å². The molecular formula is C16H16N2O2. The van der Waals surface area contributed by atoms with E-state index in [9.17, 15) is 9.59 Å². The minimum absolute atomic E-state index is 0.279. The average Bonchev–Trinajstić information content (AvgIpc) is 2.46. The SMILES string of the molecule is NC(=O)CC(=O)NCc1cccc(-c2ccccc2)c1. The minimum Gasteiger partial charge on any atom is -0.369 e. The molecule has 102 valence electrons. The molecule has 0 spiro atoms. The molecule has 2 aromatic carbocycles. The quantitative estimate of drug-likeness (QED) is 0.812. The van der Waals surface area contributed by atoms with Gasteiger partial charge in [-0.1, -0.05) is 48.5 Å². The summed E-state index contributed by atoms with van der Waals surface area (Å²) in [5.41, 5.74) is 8.15. The van der Waals surface area contributed by atoms with Crippen LogP contribution in [0.1, 0.15) is 12.0 Å². The van der Waals surface area contributed by atoms with Gasteiger partial charge in [0.15, 0.2) is 0 Å². The number of benzene rings is 2. The van der Waals surface area contributed by atoms with E-state index in [2.05, 4.69) is 5.32 Å². The first-order valence-electron chi connectivity index (χ1n) is 6.34. The second kappa shape index (κ2) is 6.52. The predicted octanol–water partition coefficient (Wildman–Crippen LogP) is 1.85. The second-order valence-corrected chi connectivity index (χ2v) is 4.49. The number of amides is 2. The molecule has 2 rings (SSSR count). The van der Waals surface area contributed by atoms with Gasteiger partial charge in [0.1, 0.15) is 6.42 Å². The molecule has 0 saturated heterocycles. The number of carbonyl (C=O) groups excluding carboxylic acids is 2. The van der Waals surface area contributed by atoms with Crippen LogP contribution in [0.2, 0.25) is 0 Å². The molecule has 0 unspecified atom stereocenters. The lowest BCUT2D eigenvalue weighted by Crippen LogP contribution is -2.27. The molecule has 20 heavy (non-hydrogen) atoms. The van der Waals surface area contributed by atoms with Gasteiger partial charge in [0, 0.05) is 6.54 Å². The van der Waals surface area contributed by atoms with Crippen molar-refractivity contribution in [2.45, 2.75) is 13.0 Å². The van der Waals surface area contributed by atoms with Gasteiger partial charge in [-0.2, -0.15) is 0 Å². The van der Waals surface area contributed by atoms with Crippen molar-refractivity contribution in [2.75, 3.05) is 0 Å². The fourth-order valence-corrected chi connectivity index (χ4v) is 1.91. The lowest BCUT2D eigenvalue weighted by atomic mass is 10.0. The van der Waals surface area contributed by atoms with E-state index in [0.29, 0.717) is 6.54 Å². The second-order valence-electron chi connectivity index (χ2n) is 4.49. The number of hydrogen-bond donors (Lipinski definition) is 2. The number of nitrogens with one attached hydrogen (secondary N) is 1. The van der Waals surface area contributed by atoms with Crippen molar-refractivity contribution >= 4 is 11.8 Å². The minimum atomic E-state index is -0.625. The molecule has 0 aliphatic rings. The van der Waals surface area contributed by atoms with E-state index in [1.807, 2.05) is 54.6 Å². The summed E-state index contributed by atoms with van der Waals surface area (Å²) < 4.78 is 0. The summed E-state index contributed by atoms with van der Waals surface area (Å²) in [5.74, 6) is -0.983. The summed E-state index contributed by atoms with van der Waals surface area (Å²) >= 11 is 0. The number of primary amides is 1. The van der Waals surface area contributed by atoms with Crippen LogP contribution < -0.4 is 11.1 Å². The van der Waals surface area contributed by atoms with E-state index < -0.39 is 5.91 Å². The summed E-state index contributed by atoms with van der Waals surface area (Å²) in [7, 11) is 0. The zero-order chi connectivity index (χ0) is 14.4. The molecular weight excluding hydrogens is 252 g/mol. The smallest absolute Gasteiger partial charge is 0.229 e. The monoisotopic (exact) mass is 268 g/mol. The highest BCUT2D eigenvalue weighted by atomic mass is 16.2. The predicted molar refractivity (Wildman–Crippen MR) is 77.5 cm³/mol. The molecule has 2 aromatic rings. The fourth-order valence-electron chi connectivity index (χ4n) is 1.91.